The van der Waals surface area contributed by atoms with Crippen LogP contribution in [0.25, 0.3) is 0 Å². The van der Waals surface area contributed by atoms with Crippen molar-refractivity contribution in [2.45, 2.75) is 78.1 Å². The van der Waals surface area contributed by atoms with Crippen LogP contribution < -0.4 is 5.32 Å². The van der Waals surface area contributed by atoms with Crippen LogP contribution in [0.5, 0.6) is 0 Å². The van der Waals surface area contributed by atoms with E-state index in [4.69, 9.17) is 4.74 Å². The van der Waals surface area contributed by atoms with Crippen molar-refractivity contribution in [3.63, 3.8) is 0 Å². The molecule has 0 aliphatic heterocycles. The molecule has 1 N–H and O–H groups in total. The lowest BCUT2D eigenvalue weighted by atomic mass is 10.2. The number of carbonyl (C=O) groups excluding carboxylic acids is 1. The van der Waals surface area contributed by atoms with E-state index in [2.05, 4.69) is 23.4 Å². The molecule has 136 valence electrons. The highest BCUT2D eigenvalue weighted by Crippen LogP contribution is 2.28. The molecule has 1 aliphatic rings. The summed E-state index contributed by atoms with van der Waals surface area (Å²) < 4.78 is 7.56. The average Bonchev–Trinajstić information content (AvgIpc) is 3.22. The van der Waals surface area contributed by atoms with Gasteiger partial charge >= 0.3 is 6.09 Å². The second-order valence-electron chi connectivity index (χ2n) is 7.48. The molecule has 0 saturated heterocycles. The van der Waals surface area contributed by atoms with Gasteiger partial charge in [0.1, 0.15) is 5.60 Å². The number of aromatic nitrogens is 2. The summed E-state index contributed by atoms with van der Waals surface area (Å²) in [6, 6.07) is 2.44. The van der Waals surface area contributed by atoms with Gasteiger partial charge in [-0.3, -0.25) is 4.68 Å². The third kappa shape index (κ3) is 6.15. The SMILES string of the molecule is CCCn1nccc1CNCCCN(C(=O)OC(C)(C)C)C1CC1. The number of hydrogen-bond donors (Lipinski definition) is 1. The summed E-state index contributed by atoms with van der Waals surface area (Å²) in [4.78, 5) is 14.2. The van der Waals surface area contributed by atoms with Crippen molar-refractivity contribution in [1.82, 2.24) is 20.0 Å². The van der Waals surface area contributed by atoms with Gasteiger partial charge in [-0.2, -0.15) is 5.10 Å². The van der Waals surface area contributed by atoms with Crippen LogP contribution in [-0.2, 0) is 17.8 Å². The van der Waals surface area contributed by atoms with Crippen LogP contribution in [0.4, 0.5) is 4.79 Å². The van der Waals surface area contributed by atoms with Crippen LogP contribution in [0.15, 0.2) is 12.3 Å². The minimum absolute atomic E-state index is 0.175. The third-order valence-electron chi connectivity index (χ3n) is 3.91. The van der Waals surface area contributed by atoms with E-state index < -0.39 is 5.60 Å². The lowest BCUT2D eigenvalue weighted by molar-refractivity contribution is 0.0232. The number of nitrogens with zero attached hydrogens (tertiary/aromatic N) is 3. The van der Waals surface area contributed by atoms with Crippen LogP contribution in [0.2, 0.25) is 0 Å². The Balaban J connectivity index is 1.69. The van der Waals surface area contributed by atoms with Gasteiger partial charge in [-0.05, 0) is 59.1 Å². The van der Waals surface area contributed by atoms with Crippen LogP contribution in [-0.4, -0.2) is 45.5 Å². The maximum absolute atomic E-state index is 12.3. The monoisotopic (exact) mass is 336 g/mol. The first-order valence-corrected chi connectivity index (χ1v) is 9.11. The zero-order valence-electron chi connectivity index (χ0n) is 15.5. The predicted octanol–water partition coefficient (Wildman–Crippen LogP) is 3.17. The summed E-state index contributed by atoms with van der Waals surface area (Å²) in [6.07, 6.45) is 5.89. The Bertz CT molecular complexity index is 517. The van der Waals surface area contributed by atoms with E-state index in [1.165, 1.54) is 5.69 Å². The lowest BCUT2D eigenvalue weighted by Gasteiger charge is -2.27. The van der Waals surface area contributed by atoms with Crippen molar-refractivity contribution >= 4 is 6.09 Å². The number of nitrogens with one attached hydrogen (secondary N) is 1. The zero-order valence-corrected chi connectivity index (χ0v) is 15.5. The van der Waals surface area contributed by atoms with Crippen molar-refractivity contribution in [3.8, 4) is 0 Å². The summed E-state index contributed by atoms with van der Waals surface area (Å²) in [5, 5.41) is 7.78. The molecule has 0 unspecified atom stereocenters. The Morgan fingerprint density at radius 1 is 1.46 bits per heavy atom. The van der Waals surface area contributed by atoms with E-state index in [0.29, 0.717) is 6.04 Å². The molecular weight excluding hydrogens is 304 g/mol. The molecular formula is C18H32N4O2. The number of hydrogen-bond acceptors (Lipinski definition) is 4. The molecule has 24 heavy (non-hydrogen) atoms. The molecule has 2 rings (SSSR count). The fourth-order valence-corrected chi connectivity index (χ4v) is 2.64. The number of amides is 1. The summed E-state index contributed by atoms with van der Waals surface area (Å²) in [6.45, 7) is 11.3. The predicted molar refractivity (Wildman–Crippen MR) is 94.8 cm³/mol. The molecule has 1 aliphatic carbocycles. The fraction of sp³-hybridized carbons (Fsp3) is 0.778. The first kappa shape index (κ1) is 18.8. The van der Waals surface area contributed by atoms with E-state index in [9.17, 15) is 4.79 Å². The average molecular weight is 336 g/mol. The molecule has 6 nitrogen and oxygen atoms in total. The molecule has 0 bridgehead atoms. The van der Waals surface area contributed by atoms with Crippen LogP contribution in [0.3, 0.4) is 0 Å². The Morgan fingerprint density at radius 2 is 2.21 bits per heavy atom. The molecule has 1 amide bonds. The Hall–Kier alpha value is -1.56. The third-order valence-corrected chi connectivity index (χ3v) is 3.91. The molecule has 1 saturated carbocycles. The molecule has 1 heterocycles. The molecule has 1 aromatic heterocycles. The standard InChI is InChI=1S/C18H32N4O2/c1-5-12-22-16(9-11-20-22)14-19-10-6-13-21(15-7-8-15)17(23)24-18(2,3)4/h9,11,15,19H,5-8,10,12-14H2,1-4H3. The molecule has 0 spiro atoms. The van der Waals surface area contributed by atoms with Crippen molar-refractivity contribution < 1.29 is 9.53 Å². The van der Waals surface area contributed by atoms with Gasteiger partial charge < -0.3 is 15.0 Å². The van der Waals surface area contributed by atoms with E-state index in [1.807, 2.05) is 36.5 Å². The smallest absolute Gasteiger partial charge is 0.410 e. The van der Waals surface area contributed by atoms with Gasteiger partial charge in [-0.1, -0.05) is 6.92 Å². The number of rotatable bonds is 9. The Kier molecular flexibility index (Phi) is 6.66. The molecule has 6 heteroatoms. The molecule has 0 radical (unpaired) electrons. The van der Waals surface area contributed by atoms with Crippen LogP contribution in [0.1, 0.15) is 59.1 Å². The van der Waals surface area contributed by atoms with Crippen molar-refractivity contribution in [2.75, 3.05) is 13.1 Å². The highest BCUT2D eigenvalue weighted by Gasteiger charge is 2.34. The molecule has 1 fully saturated rings. The topological polar surface area (TPSA) is 59.4 Å². The summed E-state index contributed by atoms with van der Waals surface area (Å²) in [7, 11) is 0. The highest BCUT2D eigenvalue weighted by atomic mass is 16.6. The van der Waals surface area contributed by atoms with Gasteiger partial charge in [0.2, 0.25) is 0 Å². The lowest BCUT2D eigenvalue weighted by Crippen LogP contribution is -2.39. The van der Waals surface area contributed by atoms with Crippen LogP contribution >= 0.6 is 0 Å². The first-order chi connectivity index (χ1) is 11.4. The van der Waals surface area contributed by atoms with Crippen molar-refractivity contribution in [2.24, 2.45) is 0 Å². The minimum atomic E-state index is -0.430. The van der Waals surface area contributed by atoms with Gasteiger partial charge in [0.25, 0.3) is 0 Å². The number of aryl methyl sites for hydroxylation is 1. The van der Waals surface area contributed by atoms with Gasteiger partial charge in [0.15, 0.2) is 0 Å². The van der Waals surface area contributed by atoms with Gasteiger partial charge in [0, 0.05) is 31.9 Å². The Morgan fingerprint density at radius 3 is 2.83 bits per heavy atom. The number of carbonyl (C=O) groups is 1. The van der Waals surface area contributed by atoms with Gasteiger partial charge in [-0.15, -0.1) is 0 Å². The zero-order chi connectivity index (χ0) is 17.6. The summed E-state index contributed by atoms with van der Waals surface area (Å²) in [5.74, 6) is 0. The molecule has 0 atom stereocenters. The molecule has 0 aromatic carbocycles. The van der Waals surface area contributed by atoms with E-state index in [1.54, 1.807) is 0 Å². The largest absolute Gasteiger partial charge is 0.444 e. The highest BCUT2D eigenvalue weighted by molar-refractivity contribution is 5.69. The first-order valence-electron chi connectivity index (χ1n) is 9.11. The summed E-state index contributed by atoms with van der Waals surface area (Å²) in [5.41, 5.74) is 0.781. The van der Waals surface area contributed by atoms with E-state index in [-0.39, 0.29) is 6.09 Å². The van der Waals surface area contributed by atoms with E-state index in [0.717, 1.165) is 51.9 Å². The van der Waals surface area contributed by atoms with Gasteiger partial charge in [-0.25, -0.2) is 4.79 Å². The second kappa shape index (κ2) is 8.51. The quantitative estimate of drug-likeness (QED) is 0.704. The maximum Gasteiger partial charge on any atom is 0.410 e. The summed E-state index contributed by atoms with van der Waals surface area (Å²) >= 11 is 0. The van der Waals surface area contributed by atoms with E-state index >= 15 is 0 Å². The van der Waals surface area contributed by atoms with Crippen molar-refractivity contribution in [1.29, 1.82) is 0 Å². The maximum atomic E-state index is 12.3. The number of ether oxygens (including phenoxy) is 1. The fourth-order valence-electron chi connectivity index (χ4n) is 2.64. The molecule has 1 aromatic rings. The van der Waals surface area contributed by atoms with Crippen molar-refractivity contribution in [3.05, 3.63) is 18.0 Å². The van der Waals surface area contributed by atoms with Crippen LogP contribution in [0, 0.1) is 0 Å². The second-order valence-corrected chi connectivity index (χ2v) is 7.48. The van der Waals surface area contributed by atoms with Gasteiger partial charge in [0.05, 0.1) is 5.69 Å². The normalized spacial score (nSPS) is 14.7. The minimum Gasteiger partial charge on any atom is -0.444 e. The Labute approximate surface area is 145 Å².